The Morgan fingerprint density at radius 1 is 1.55 bits per heavy atom. The van der Waals surface area contributed by atoms with Crippen LogP contribution in [0.25, 0.3) is 0 Å². The minimum atomic E-state index is -0.0960. The first-order valence-corrected chi connectivity index (χ1v) is 5.17. The Morgan fingerprint density at radius 2 is 2.36 bits per heavy atom. The Morgan fingerprint density at radius 3 is 2.91 bits per heavy atom. The molecule has 1 fully saturated rings. The van der Waals surface area contributed by atoms with Gasteiger partial charge >= 0.3 is 0 Å². The zero-order chi connectivity index (χ0) is 8.10. The molecule has 0 aromatic heterocycles. The largest absolute Gasteiger partial charge is 0.370 e. The Labute approximate surface area is 75.4 Å². The highest BCUT2D eigenvalue weighted by atomic mass is 79.9. The van der Waals surface area contributed by atoms with Crippen molar-refractivity contribution in [2.45, 2.75) is 31.8 Å². The molecule has 1 atom stereocenters. The van der Waals surface area contributed by atoms with Crippen molar-refractivity contribution >= 4 is 21.7 Å². The van der Waals surface area contributed by atoms with Gasteiger partial charge in [-0.05, 0) is 19.3 Å². The van der Waals surface area contributed by atoms with Crippen LogP contribution in [-0.4, -0.2) is 23.8 Å². The molecule has 0 amide bonds. The fourth-order valence-electron chi connectivity index (χ4n) is 1.25. The fraction of sp³-hybridized carbons (Fsp3) is 0.875. The molecule has 1 rings (SSSR count). The number of alkyl halides is 1. The molecular formula is C8H13BrO2. The van der Waals surface area contributed by atoms with Crippen LogP contribution >= 0.6 is 15.9 Å². The van der Waals surface area contributed by atoms with E-state index in [1.165, 1.54) is 0 Å². The maximum Gasteiger partial charge on any atom is 0.162 e. The van der Waals surface area contributed by atoms with Gasteiger partial charge in [0.05, 0.1) is 0 Å². The van der Waals surface area contributed by atoms with Crippen LogP contribution in [0.2, 0.25) is 0 Å². The summed E-state index contributed by atoms with van der Waals surface area (Å²) < 4.78 is 5.32. The second-order valence-corrected chi connectivity index (χ2v) is 3.55. The number of hydrogen-bond acceptors (Lipinski definition) is 2. The van der Waals surface area contributed by atoms with Gasteiger partial charge in [-0.2, -0.15) is 0 Å². The van der Waals surface area contributed by atoms with Gasteiger partial charge in [-0.25, -0.2) is 0 Å². The van der Waals surface area contributed by atoms with E-state index in [1.54, 1.807) is 0 Å². The third-order valence-corrected chi connectivity index (χ3v) is 2.28. The molecule has 0 saturated carbocycles. The number of carbonyl (C=O) groups excluding carboxylic acids is 1. The molecule has 0 bridgehead atoms. The maximum absolute atomic E-state index is 11.2. The Bertz CT molecular complexity index is 130. The molecule has 3 heteroatoms. The highest BCUT2D eigenvalue weighted by Gasteiger charge is 2.20. The van der Waals surface area contributed by atoms with Gasteiger partial charge in [-0.1, -0.05) is 15.9 Å². The zero-order valence-electron chi connectivity index (χ0n) is 6.51. The molecule has 0 spiro atoms. The molecule has 1 aliphatic rings. The van der Waals surface area contributed by atoms with Crippen LogP contribution < -0.4 is 0 Å². The van der Waals surface area contributed by atoms with Crippen molar-refractivity contribution in [2.24, 2.45) is 0 Å². The molecule has 0 aromatic carbocycles. The standard InChI is InChI=1S/C8H13BrO2/c9-5-4-7(10)8-3-1-2-6-11-8/h8H,1-6H2. The summed E-state index contributed by atoms with van der Waals surface area (Å²) in [6, 6.07) is 0. The van der Waals surface area contributed by atoms with Crippen molar-refractivity contribution in [3.05, 3.63) is 0 Å². The molecule has 1 aliphatic heterocycles. The predicted octanol–water partition coefficient (Wildman–Crippen LogP) is 1.91. The predicted molar refractivity (Wildman–Crippen MR) is 47.0 cm³/mol. The first-order valence-electron chi connectivity index (χ1n) is 4.05. The summed E-state index contributed by atoms with van der Waals surface area (Å²) in [6.45, 7) is 0.763. The fourth-order valence-corrected chi connectivity index (χ4v) is 1.64. The maximum atomic E-state index is 11.2. The summed E-state index contributed by atoms with van der Waals surface area (Å²) in [7, 11) is 0. The average Bonchev–Trinajstić information content (AvgIpc) is 2.07. The lowest BCUT2D eigenvalue weighted by Crippen LogP contribution is -2.28. The minimum absolute atomic E-state index is 0.0960. The van der Waals surface area contributed by atoms with Crippen LogP contribution in [0.15, 0.2) is 0 Å². The molecule has 1 saturated heterocycles. The summed E-state index contributed by atoms with van der Waals surface area (Å²) in [5, 5.41) is 0.756. The van der Waals surface area contributed by atoms with E-state index < -0.39 is 0 Å². The third-order valence-electron chi connectivity index (χ3n) is 1.88. The Hall–Kier alpha value is 0.110. The van der Waals surface area contributed by atoms with Crippen LogP contribution in [0.3, 0.4) is 0 Å². The van der Waals surface area contributed by atoms with E-state index in [0.29, 0.717) is 6.42 Å². The van der Waals surface area contributed by atoms with E-state index in [2.05, 4.69) is 15.9 Å². The van der Waals surface area contributed by atoms with Crippen molar-refractivity contribution in [1.29, 1.82) is 0 Å². The highest BCUT2D eigenvalue weighted by Crippen LogP contribution is 2.14. The molecule has 1 heterocycles. The highest BCUT2D eigenvalue weighted by molar-refractivity contribution is 9.09. The van der Waals surface area contributed by atoms with E-state index in [-0.39, 0.29) is 11.9 Å². The zero-order valence-corrected chi connectivity index (χ0v) is 8.10. The summed E-state index contributed by atoms with van der Waals surface area (Å²) in [6.07, 6.45) is 3.68. The van der Waals surface area contributed by atoms with Gasteiger partial charge in [-0.15, -0.1) is 0 Å². The number of Topliss-reactive ketones (excluding diaryl/α,β-unsaturated/α-hetero) is 1. The smallest absolute Gasteiger partial charge is 0.162 e. The molecule has 11 heavy (non-hydrogen) atoms. The van der Waals surface area contributed by atoms with Gasteiger partial charge in [0.25, 0.3) is 0 Å². The molecule has 1 unspecified atom stereocenters. The molecule has 64 valence electrons. The monoisotopic (exact) mass is 220 g/mol. The van der Waals surface area contributed by atoms with Crippen LogP contribution in [0.1, 0.15) is 25.7 Å². The molecule has 2 nitrogen and oxygen atoms in total. The Kier molecular flexibility index (Phi) is 4.08. The molecule has 0 N–H and O–H groups in total. The van der Waals surface area contributed by atoms with Crippen LogP contribution in [0, 0.1) is 0 Å². The summed E-state index contributed by atoms with van der Waals surface area (Å²) in [5.41, 5.74) is 0. The van der Waals surface area contributed by atoms with Crippen molar-refractivity contribution < 1.29 is 9.53 Å². The Balaban J connectivity index is 2.27. The van der Waals surface area contributed by atoms with Crippen LogP contribution in [-0.2, 0) is 9.53 Å². The lowest BCUT2D eigenvalue weighted by Gasteiger charge is -2.20. The number of carbonyl (C=O) groups is 1. The SMILES string of the molecule is O=C(CCBr)C1CCCCO1. The second-order valence-electron chi connectivity index (χ2n) is 2.76. The average molecular weight is 221 g/mol. The second kappa shape index (κ2) is 4.88. The van der Waals surface area contributed by atoms with E-state index in [4.69, 9.17) is 4.74 Å². The minimum Gasteiger partial charge on any atom is -0.370 e. The summed E-state index contributed by atoms with van der Waals surface area (Å²) in [5.74, 6) is 0.251. The van der Waals surface area contributed by atoms with E-state index in [9.17, 15) is 4.79 Å². The number of ketones is 1. The number of halogens is 1. The van der Waals surface area contributed by atoms with Crippen molar-refractivity contribution in [3.8, 4) is 0 Å². The lowest BCUT2D eigenvalue weighted by atomic mass is 10.0. The normalized spacial score (nSPS) is 25.0. The number of rotatable bonds is 3. The van der Waals surface area contributed by atoms with E-state index >= 15 is 0 Å². The first kappa shape index (κ1) is 9.20. The van der Waals surface area contributed by atoms with Gasteiger partial charge in [0, 0.05) is 18.4 Å². The van der Waals surface area contributed by atoms with Gasteiger partial charge in [0.15, 0.2) is 5.78 Å². The number of ether oxygens (including phenoxy) is 1. The van der Waals surface area contributed by atoms with Gasteiger partial charge in [0.2, 0.25) is 0 Å². The van der Waals surface area contributed by atoms with Gasteiger partial charge in [0.1, 0.15) is 6.10 Å². The van der Waals surface area contributed by atoms with E-state index in [0.717, 1.165) is 31.2 Å². The quantitative estimate of drug-likeness (QED) is 0.680. The van der Waals surface area contributed by atoms with Crippen molar-refractivity contribution in [3.63, 3.8) is 0 Å². The van der Waals surface area contributed by atoms with Crippen molar-refractivity contribution in [2.75, 3.05) is 11.9 Å². The first-order chi connectivity index (χ1) is 5.34. The number of hydrogen-bond donors (Lipinski definition) is 0. The third kappa shape index (κ3) is 2.91. The molecule has 0 radical (unpaired) electrons. The molecular weight excluding hydrogens is 208 g/mol. The van der Waals surface area contributed by atoms with Gasteiger partial charge in [-0.3, -0.25) is 4.79 Å². The lowest BCUT2D eigenvalue weighted by molar-refractivity contribution is -0.132. The summed E-state index contributed by atoms with van der Waals surface area (Å²) in [4.78, 5) is 11.2. The molecule has 0 aromatic rings. The topological polar surface area (TPSA) is 26.3 Å². The molecule has 0 aliphatic carbocycles. The van der Waals surface area contributed by atoms with Gasteiger partial charge < -0.3 is 4.74 Å². The van der Waals surface area contributed by atoms with Crippen LogP contribution in [0.5, 0.6) is 0 Å². The van der Waals surface area contributed by atoms with E-state index in [1.807, 2.05) is 0 Å². The van der Waals surface area contributed by atoms with Crippen molar-refractivity contribution in [1.82, 2.24) is 0 Å². The summed E-state index contributed by atoms with van der Waals surface area (Å²) >= 11 is 3.24. The van der Waals surface area contributed by atoms with Crippen LogP contribution in [0.4, 0.5) is 0 Å².